The lowest BCUT2D eigenvalue weighted by atomic mass is 9.98. The fourth-order valence-electron chi connectivity index (χ4n) is 4.16. The zero-order valence-electron chi connectivity index (χ0n) is 17.0. The number of carbonyl (C=O) groups is 1. The lowest BCUT2D eigenvalue weighted by molar-refractivity contribution is 0.207. The minimum atomic E-state index is -0.255. The van der Waals surface area contributed by atoms with E-state index in [1.54, 1.807) is 0 Å². The van der Waals surface area contributed by atoms with Gasteiger partial charge < -0.3 is 26.0 Å². The number of hydrogen-bond donors (Lipinski definition) is 4. The van der Waals surface area contributed by atoms with Crippen LogP contribution in [0.3, 0.4) is 0 Å². The Balaban J connectivity index is 1.31. The molecular weight excluding hydrogens is 376 g/mol. The molecular formula is C23H28N6O. The Kier molecular flexibility index (Phi) is 6.09. The lowest BCUT2D eigenvalue weighted by Gasteiger charge is -2.25. The summed E-state index contributed by atoms with van der Waals surface area (Å²) in [6.45, 7) is 2.87. The van der Waals surface area contributed by atoms with E-state index in [0.29, 0.717) is 13.1 Å². The highest BCUT2D eigenvalue weighted by molar-refractivity contribution is 5.88. The Morgan fingerprint density at radius 2 is 1.93 bits per heavy atom. The second-order valence-corrected chi connectivity index (χ2v) is 7.85. The summed E-state index contributed by atoms with van der Waals surface area (Å²) in [5.74, 6) is -0.255. The molecule has 0 radical (unpaired) electrons. The third kappa shape index (κ3) is 4.36. The molecule has 0 bridgehead atoms. The standard InChI is InChI=1S/C23H28N6O/c24-13-20(14-25)18-6-7-22-19(12-18)8-11-29(22)27-21-9-10-28(16-21)23(30)26-15-17-4-2-1-3-5-17/h1-7,12-14,20-21,24-25,27H,8-11,15-16H2,(H,26,30). The summed E-state index contributed by atoms with van der Waals surface area (Å²) in [6, 6.07) is 16.3. The van der Waals surface area contributed by atoms with Crippen molar-refractivity contribution in [3.05, 3.63) is 65.2 Å². The van der Waals surface area contributed by atoms with Gasteiger partial charge in [0.1, 0.15) is 0 Å². The monoisotopic (exact) mass is 404 g/mol. The van der Waals surface area contributed by atoms with Crippen molar-refractivity contribution < 1.29 is 4.79 Å². The zero-order valence-corrected chi connectivity index (χ0v) is 17.0. The largest absolute Gasteiger partial charge is 0.334 e. The summed E-state index contributed by atoms with van der Waals surface area (Å²) in [7, 11) is 0. The van der Waals surface area contributed by atoms with Crippen LogP contribution in [0.2, 0.25) is 0 Å². The van der Waals surface area contributed by atoms with Gasteiger partial charge in [-0.25, -0.2) is 10.2 Å². The molecule has 0 saturated carbocycles. The average Bonchev–Trinajstić information content (AvgIpc) is 3.41. The van der Waals surface area contributed by atoms with Crippen LogP contribution >= 0.6 is 0 Å². The second-order valence-electron chi connectivity index (χ2n) is 7.85. The van der Waals surface area contributed by atoms with Crippen LogP contribution in [0.25, 0.3) is 0 Å². The van der Waals surface area contributed by atoms with E-state index in [9.17, 15) is 4.79 Å². The van der Waals surface area contributed by atoms with Crippen LogP contribution in [0.4, 0.5) is 10.5 Å². The van der Waals surface area contributed by atoms with Crippen molar-refractivity contribution in [1.29, 1.82) is 10.8 Å². The van der Waals surface area contributed by atoms with Crippen LogP contribution in [0.1, 0.15) is 29.0 Å². The zero-order chi connectivity index (χ0) is 20.9. The SMILES string of the molecule is N=CC(C=N)c1ccc2c(c1)CCN2NC1CCN(C(=O)NCc2ccccc2)C1. The van der Waals surface area contributed by atoms with Gasteiger partial charge in [-0.1, -0.05) is 42.5 Å². The molecule has 0 spiro atoms. The van der Waals surface area contributed by atoms with Crippen LogP contribution in [-0.2, 0) is 13.0 Å². The van der Waals surface area contributed by atoms with Crippen molar-refractivity contribution in [2.24, 2.45) is 0 Å². The first-order valence-electron chi connectivity index (χ1n) is 10.4. The first-order chi connectivity index (χ1) is 14.7. The van der Waals surface area contributed by atoms with E-state index in [-0.39, 0.29) is 18.0 Å². The molecule has 4 N–H and O–H groups in total. The molecule has 0 aromatic heterocycles. The van der Waals surface area contributed by atoms with E-state index in [0.717, 1.165) is 42.7 Å². The normalized spacial score (nSPS) is 18.7. The maximum absolute atomic E-state index is 12.5. The van der Waals surface area contributed by atoms with Gasteiger partial charge >= 0.3 is 6.03 Å². The Hall–Kier alpha value is -3.19. The fourth-order valence-corrected chi connectivity index (χ4v) is 4.16. The van der Waals surface area contributed by atoms with Gasteiger partial charge in [-0.3, -0.25) is 0 Å². The number of hydrogen-bond acceptors (Lipinski definition) is 5. The van der Waals surface area contributed by atoms with Gasteiger partial charge in [0.15, 0.2) is 0 Å². The number of nitrogens with one attached hydrogen (secondary N) is 4. The summed E-state index contributed by atoms with van der Waals surface area (Å²) in [5.41, 5.74) is 8.07. The third-order valence-electron chi connectivity index (χ3n) is 5.84. The number of amides is 2. The van der Waals surface area contributed by atoms with Gasteiger partial charge in [0, 0.05) is 44.7 Å². The van der Waals surface area contributed by atoms with Gasteiger partial charge in [0.2, 0.25) is 0 Å². The molecule has 2 heterocycles. The molecule has 7 heteroatoms. The van der Waals surface area contributed by atoms with Crippen molar-refractivity contribution in [2.75, 3.05) is 24.6 Å². The summed E-state index contributed by atoms with van der Waals surface area (Å²) in [4.78, 5) is 14.4. The number of carbonyl (C=O) groups excluding carboxylic acids is 1. The number of likely N-dealkylation sites (tertiary alicyclic amines) is 1. The molecule has 156 valence electrons. The number of nitrogens with zero attached hydrogens (tertiary/aromatic N) is 2. The highest BCUT2D eigenvalue weighted by Gasteiger charge is 2.29. The molecule has 4 rings (SSSR count). The summed E-state index contributed by atoms with van der Waals surface area (Å²) in [6.07, 6.45) is 4.46. The number of urea groups is 1. The van der Waals surface area contributed by atoms with Gasteiger partial charge in [-0.15, -0.1) is 0 Å². The molecule has 2 aromatic rings. The van der Waals surface area contributed by atoms with E-state index in [2.05, 4.69) is 27.9 Å². The highest BCUT2D eigenvalue weighted by atomic mass is 16.2. The van der Waals surface area contributed by atoms with Crippen molar-refractivity contribution in [3.8, 4) is 0 Å². The lowest BCUT2D eigenvalue weighted by Crippen LogP contribution is -2.46. The molecule has 1 unspecified atom stereocenters. The second kappa shape index (κ2) is 9.09. The van der Waals surface area contributed by atoms with Crippen molar-refractivity contribution in [3.63, 3.8) is 0 Å². The van der Waals surface area contributed by atoms with E-state index in [1.807, 2.05) is 41.3 Å². The molecule has 7 nitrogen and oxygen atoms in total. The van der Waals surface area contributed by atoms with E-state index in [1.165, 1.54) is 18.0 Å². The molecule has 1 atom stereocenters. The van der Waals surface area contributed by atoms with Crippen LogP contribution in [-0.4, -0.2) is 49.0 Å². The molecule has 2 amide bonds. The molecule has 0 aliphatic carbocycles. The summed E-state index contributed by atoms with van der Waals surface area (Å²) >= 11 is 0. The fraction of sp³-hybridized carbons (Fsp3) is 0.348. The number of hydrazine groups is 1. The van der Waals surface area contributed by atoms with E-state index in [4.69, 9.17) is 10.8 Å². The number of benzene rings is 2. The summed E-state index contributed by atoms with van der Waals surface area (Å²) in [5, 5.41) is 20.1. The minimum Gasteiger partial charge on any atom is -0.334 e. The van der Waals surface area contributed by atoms with Crippen LogP contribution < -0.4 is 15.8 Å². The molecule has 2 aliphatic heterocycles. The van der Waals surface area contributed by atoms with Crippen LogP contribution in [0.5, 0.6) is 0 Å². The summed E-state index contributed by atoms with van der Waals surface area (Å²) < 4.78 is 0. The molecule has 2 aliphatic rings. The quantitative estimate of drug-likeness (QED) is 0.535. The molecule has 1 fully saturated rings. The maximum atomic E-state index is 12.5. The molecule has 2 aromatic carbocycles. The van der Waals surface area contributed by atoms with Crippen LogP contribution in [0, 0.1) is 10.8 Å². The first-order valence-corrected chi connectivity index (χ1v) is 10.4. The van der Waals surface area contributed by atoms with E-state index >= 15 is 0 Å². The Morgan fingerprint density at radius 3 is 2.70 bits per heavy atom. The third-order valence-corrected chi connectivity index (χ3v) is 5.84. The van der Waals surface area contributed by atoms with Crippen LogP contribution in [0.15, 0.2) is 48.5 Å². The average molecular weight is 405 g/mol. The number of rotatable bonds is 7. The Bertz CT molecular complexity index is 907. The van der Waals surface area contributed by atoms with Gasteiger partial charge in [-0.2, -0.15) is 0 Å². The smallest absolute Gasteiger partial charge is 0.317 e. The number of fused-ring (bicyclic) bond motifs is 1. The maximum Gasteiger partial charge on any atom is 0.317 e. The van der Waals surface area contributed by atoms with Crippen molar-refractivity contribution in [2.45, 2.75) is 31.3 Å². The Morgan fingerprint density at radius 1 is 1.13 bits per heavy atom. The van der Waals surface area contributed by atoms with Gasteiger partial charge in [0.05, 0.1) is 11.6 Å². The topological polar surface area (TPSA) is 95.3 Å². The van der Waals surface area contributed by atoms with Gasteiger partial charge in [-0.05, 0) is 35.6 Å². The first kappa shape index (κ1) is 20.1. The molecule has 30 heavy (non-hydrogen) atoms. The molecule has 1 saturated heterocycles. The van der Waals surface area contributed by atoms with Gasteiger partial charge in [0.25, 0.3) is 0 Å². The predicted octanol–water partition coefficient (Wildman–Crippen LogP) is 2.92. The number of anilines is 1. The minimum absolute atomic E-state index is 0.0149. The van der Waals surface area contributed by atoms with E-state index < -0.39 is 0 Å². The van der Waals surface area contributed by atoms with Crippen molar-refractivity contribution >= 4 is 24.1 Å². The predicted molar refractivity (Wildman–Crippen MR) is 120 cm³/mol. The Labute approximate surface area is 177 Å². The van der Waals surface area contributed by atoms with Crippen molar-refractivity contribution in [1.82, 2.24) is 15.6 Å². The highest BCUT2D eigenvalue weighted by Crippen LogP contribution is 2.30.